The molecule has 0 saturated carbocycles. The van der Waals surface area contributed by atoms with Crippen LogP contribution < -0.4 is 5.32 Å². The van der Waals surface area contributed by atoms with E-state index >= 15 is 0 Å². The van der Waals surface area contributed by atoms with Crippen LogP contribution in [-0.2, 0) is 12.7 Å². The number of hydrogen-bond acceptors (Lipinski definition) is 2. The van der Waals surface area contributed by atoms with Crippen LogP contribution in [-0.4, -0.2) is 15.7 Å². The largest absolute Gasteiger partial charge is 0.416 e. The van der Waals surface area contributed by atoms with Gasteiger partial charge in [0.1, 0.15) is 5.69 Å². The highest BCUT2D eigenvalue weighted by Gasteiger charge is 2.30. The molecule has 0 bridgehead atoms. The fraction of sp³-hybridized carbons (Fsp3) is 0.154. The minimum atomic E-state index is -4.45. The Balaban J connectivity index is 1.71. The minimum absolute atomic E-state index is 0.0673. The first-order valence-electron chi connectivity index (χ1n) is 10.5. The third-order valence-electron chi connectivity index (χ3n) is 5.39. The van der Waals surface area contributed by atoms with Gasteiger partial charge in [0, 0.05) is 12.1 Å². The monoisotopic (exact) mass is 483 g/mol. The molecule has 4 nitrogen and oxygen atoms in total. The first-order valence-corrected chi connectivity index (χ1v) is 10.9. The zero-order valence-electron chi connectivity index (χ0n) is 18.4. The van der Waals surface area contributed by atoms with Crippen LogP contribution >= 0.6 is 11.6 Å². The second-order valence-corrected chi connectivity index (χ2v) is 8.38. The van der Waals surface area contributed by atoms with Crippen LogP contribution in [0.3, 0.4) is 0 Å². The standard InChI is InChI=1S/C26H21ClF3N3O/c1-16-10-11-17(2)23(12-16)33-24(14-22(32-33)20-8-3-4-9-21(20)27)25(34)31-15-18-6-5-7-19(13-18)26(28,29)30/h3-14H,15H2,1-2H3,(H,31,34). The molecule has 0 aliphatic carbocycles. The number of aromatic nitrogens is 2. The highest BCUT2D eigenvalue weighted by molar-refractivity contribution is 6.33. The van der Waals surface area contributed by atoms with Gasteiger partial charge in [-0.1, -0.05) is 54.1 Å². The van der Waals surface area contributed by atoms with E-state index in [4.69, 9.17) is 11.6 Å². The molecule has 0 spiro atoms. The molecule has 0 saturated heterocycles. The molecule has 4 rings (SSSR count). The number of rotatable bonds is 5. The van der Waals surface area contributed by atoms with Crippen molar-refractivity contribution < 1.29 is 18.0 Å². The van der Waals surface area contributed by atoms with Gasteiger partial charge in [-0.15, -0.1) is 0 Å². The number of benzene rings is 3. The van der Waals surface area contributed by atoms with E-state index in [1.807, 2.05) is 44.2 Å². The molecule has 1 amide bonds. The van der Waals surface area contributed by atoms with Crippen molar-refractivity contribution in [3.05, 3.63) is 106 Å². The van der Waals surface area contributed by atoms with Crippen molar-refractivity contribution in [2.75, 3.05) is 0 Å². The first-order chi connectivity index (χ1) is 16.1. The van der Waals surface area contributed by atoms with Crippen molar-refractivity contribution in [1.82, 2.24) is 15.1 Å². The lowest BCUT2D eigenvalue weighted by Gasteiger charge is -2.12. The van der Waals surface area contributed by atoms with Crippen molar-refractivity contribution in [2.24, 2.45) is 0 Å². The number of carbonyl (C=O) groups is 1. The lowest BCUT2D eigenvalue weighted by atomic mass is 10.1. The minimum Gasteiger partial charge on any atom is -0.347 e. The first kappa shape index (κ1) is 23.6. The summed E-state index contributed by atoms with van der Waals surface area (Å²) in [5.74, 6) is -0.468. The highest BCUT2D eigenvalue weighted by Crippen LogP contribution is 2.30. The molecule has 1 N–H and O–H groups in total. The van der Waals surface area contributed by atoms with E-state index in [2.05, 4.69) is 10.4 Å². The molecule has 8 heteroatoms. The Kier molecular flexibility index (Phi) is 6.48. The van der Waals surface area contributed by atoms with Gasteiger partial charge < -0.3 is 5.32 Å². The summed E-state index contributed by atoms with van der Waals surface area (Å²) >= 11 is 6.35. The smallest absolute Gasteiger partial charge is 0.347 e. The van der Waals surface area contributed by atoms with Crippen LogP contribution in [0, 0.1) is 13.8 Å². The zero-order valence-corrected chi connectivity index (χ0v) is 19.2. The summed E-state index contributed by atoms with van der Waals surface area (Å²) in [6.45, 7) is 3.78. The molecule has 0 aliphatic rings. The van der Waals surface area contributed by atoms with Gasteiger partial charge in [-0.25, -0.2) is 4.68 Å². The maximum Gasteiger partial charge on any atom is 0.416 e. The van der Waals surface area contributed by atoms with E-state index in [1.165, 1.54) is 12.1 Å². The quantitative estimate of drug-likeness (QED) is 0.341. The molecule has 174 valence electrons. The third kappa shape index (κ3) is 4.99. The molecule has 0 radical (unpaired) electrons. The summed E-state index contributed by atoms with van der Waals surface area (Å²) in [5, 5.41) is 7.87. The Morgan fingerprint density at radius 1 is 1.00 bits per heavy atom. The molecule has 1 heterocycles. The Morgan fingerprint density at radius 2 is 1.76 bits per heavy atom. The number of carbonyl (C=O) groups excluding carboxylic acids is 1. The van der Waals surface area contributed by atoms with E-state index in [9.17, 15) is 18.0 Å². The number of aryl methyl sites for hydroxylation is 2. The van der Waals surface area contributed by atoms with E-state index in [1.54, 1.807) is 22.9 Å². The van der Waals surface area contributed by atoms with Crippen molar-refractivity contribution in [2.45, 2.75) is 26.6 Å². The molecule has 1 aromatic heterocycles. The molecular formula is C26H21ClF3N3O. The van der Waals surface area contributed by atoms with Gasteiger partial charge in [-0.2, -0.15) is 18.3 Å². The molecule has 34 heavy (non-hydrogen) atoms. The molecule has 0 fully saturated rings. The second-order valence-electron chi connectivity index (χ2n) is 7.98. The molecule has 0 aliphatic heterocycles. The van der Waals surface area contributed by atoms with Gasteiger partial charge >= 0.3 is 6.18 Å². The van der Waals surface area contributed by atoms with Gasteiger partial charge in [-0.3, -0.25) is 4.79 Å². The number of alkyl halides is 3. The van der Waals surface area contributed by atoms with Crippen LogP contribution in [0.15, 0.2) is 72.8 Å². The average molecular weight is 484 g/mol. The number of halogens is 4. The summed E-state index contributed by atoms with van der Waals surface area (Å²) in [7, 11) is 0. The third-order valence-corrected chi connectivity index (χ3v) is 5.72. The van der Waals surface area contributed by atoms with Crippen LogP contribution in [0.4, 0.5) is 13.2 Å². The molecule has 3 aromatic carbocycles. The average Bonchev–Trinajstić information content (AvgIpc) is 3.24. The SMILES string of the molecule is Cc1ccc(C)c(-n2nc(-c3ccccc3Cl)cc2C(=O)NCc2cccc(C(F)(F)F)c2)c1. The number of nitrogens with one attached hydrogen (secondary N) is 1. The normalized spacial score (nSPS) is 11.5. The number of hydrogen-bond donors (Lipinski definition) is 1. The summed E-state index contributed by atoms with van der Waals surface area (Å²) in [6.07, 6.45) is -4.45. The Labute approximate surface area is 200 Å². The van der Waals surface area contributed by atoms with Crippen molar-refractivity contribution in [3.8, 4) is 16.9 Å². The van der Waals surface area contributed by atoms with E-state index < -0.39 is 17.6 Å². The van der Waals surface area contributed by atoms with Crippen molar-refractivity contribution in [1.29, 1.82) is 0 Å². The Bertz CT molecular complexity index is 1360. The van der Waals surface area contributed by atoms with Crippen LogP contribution in [0.5, 0.6) is 0 Å². The van der Waals surface area contributed by atoms with Gasteiger partial charge in [0.2, 0.25) is 0 Å². The summed E-state index contributed by atoms with van der Waals surface area (Å²) in [6, 6.07) is 19.5. The van der Waals surface area contributed by atoms with Crippen molar-refractivity contribution in [3.63, 3.8) is 0 Å². The number of amides is 1. The predicted molar refractivity (Wildman–Crippen MR) is 126 cm³/mol. The lowest BCUT2D eigenvalue weighted by molar-refractivity contribution is -0.137. The van der Waals surface area contributed by atoms with E-state index in [-0.39, 0.29) is 12.2 Å². The van der Waals surface area contributed by atoms with Gasteiger partial charge in [0.15, 0.2) is 0 Å². The maximum atomic E-state index is 13.2. The lowest BCUT2D eigenvalue weighted by Crippen LogP contribution is -2.25. The van der Waals surface area contributed by atoms with Crippen LogP contribution in [0.2, 0.25) is 5.02 Å². The molecule has 4 aromatic rings. The van der Waals surface area contributed by atoms with Crippen LogP contribution in [0.1, 0.15) is 32.7 Å². The van der Waals surface area contributed by atoms with Crippen LogP contribution in [0.25, 0.3) is 16.9 Å². The fourth-order valence-corrected chi connectivity index (χ4v) is 3.84. The summed E-state index contributed by atoms with van der Waals surface area (Å²) in [4.78, 5) is 13.2. The van der Waals surface area contributed by atoms with E-state index in [0.717, 1.165) is 28.9 Å². The second kappa shape index (κ2) is 9.35. The molecule has 0 unspecified atom stereocenters. The molecule has 0 atom stereocenters. The van der Waals surface area contributed by atoms with Gasteiger partial charge in [0.25, 0.3) is 5.91 Å². The van der Waals surface area contributed by atoms with Crippen molar-refractivity contribution >= 4 is 17.5 Å². The fourth-order valence-electron chi connectivity index (χ4n) is 3.61. The molecular weight excluding hydrogens is 463 g/mol. The number of nitrogens with zero attached hydrogens (tertiary/aromatic N) is 2. The zero-order chi connectivity index (χ0) is 24.5. The predicted octanol–water partition coefficient (Wildman–Crippen LogP) is 6.76. The maximum absolute atomic E-state index is 13.2. The topological polar surface area (TPSA) is 46.9 Å². The van der Waals surface area contributed by atoms with Gasteiger partial charge in [-0.05, 0) is 60.9 Å². The van der Waals surface area contributed by atoms with E-state index in [0.29, 0.717) is 21.8 Å². The van der Waals surface area contributed by atoms with Gasteiger partial charge in [0.05, 0.1) is 22.0 Å². The summed E-state index contributed by atoms with van der Waals surface area (Å²) < 4.78 is 40.6. The Hall–Kier alpha value is -3.58. The highest BCUT2D eigenvalue weighted by atomic mass is 35.5. The Morgan fingerprint density at radius 3 is 2.50 bits per heavy atom. The summed E-state index contributed by atoms with van der Waals surface area (Å²) in [5.41, 5.74) is 3.62.